The summed E-state index contributed by atoms with van der Waals surface area (Å²) in [6.07, 6.45) is 0.0990. The van der Waals surface area contributed by atoms with Gasteiger partial charge < -0.3 is 10.4 Å². The third kappa shape index (κ3) is 2.90. The van der Waals surface area contributed by atoms with Crippen molar-refractivity contribution in [3.63, 3.8) is 0 Å². The number of phenols is 1. The van der Waals surface area contributed by atoms with E-state index in [-0.39, 0.29) is 24.0 Å². The zero-order valence-corrected chi connectivity index (χ0v) is 13.0. The van der Waals surface area contributed by atoms with Crippen LogP contribution in [0, 0.1) is 13.8 Å². The molecule has 5 heteroatoms. The van der Waals surface area contributed by atoms with E-state index in [4.69, 9.17) is 0 Å². The summed E-state index contributed by atoms with van der Waals surface area (Å²) in [4.78, 5) is 26.2. The maximum atomic E-state index is 12.6. The number of imide groups is 1. The van der Waals surface area contributed by atoms with Gasteiger partial charge >= 0.3 is 0 Å². The lowest BCUT2D eigenvalue weighted by Gasteiger charge is -2.18. The molecule has 1 unspecified atom stereocenters. The molecule has 3 rings (SSSR count). The van der Waals surface area contributed by atoms with Crippen molar-refractivity contribution in [2.45, 2.75) is 26.3 Å². The minimum absolute atomic E-state index is 0.0990. The van der Waals surface area contributed by atoms with Crippen molar-refractivity contribution in [2.24, 2.45) is 0 Å². The average Bonchev–Trinajstić information content (AvgIpc) is 2.74. The van der Waals surface area contributed by atoms with Crippen molar-refractivity contribution in [3.8, 4) is 5.75 Å². The van der Waals surface area contributed by atoms with Gasteiger partial charge in [0, 0.05) is 11.8 Å². The molecule has 0 saturated carbocycles. The van der Waals surface area contributed by atoms with Gasteiger partial charge in [-0.05, 0) is 37.6 Å². The summed E-state index contributed by atoms with van der Waals surface area (Å²) in [5.41, 5.74) is 3.22. The highest BCUT2D eigenvalue weighted by molar-refractivity contribution is 6.23. The molecule has 1 fully saturated rings. The summed E-state index contributed by atoms with van der Waals surface area (Å²) in [6.45, 7) is 3.86. The number of amides is 2. The molecule has 2 aromatic rings. The van der Waals surface area contributed by atoms with Crippen LogP contribution in [0.3, 0.4) is 0 Å². The second-order valence-electron chi connectivity index (χ2n) is 5.81. The number of nitrogens with one attached hydrogen (secondary N) is 1. The highest BCUT2D eigenvalue weighted by atomic mass is 16.3. The molecule has 2 N–H and O–H groups in total. The third-order valence-electron chi connectivity index (χ3n) is 3.93. The Bertz CT molecular complexity index is 786. The van der Waals surface area contributed by atoms with Gasteiger partial charge in [-0.25, -0.2) is 4.90 Å². The molecule has 1 heterocycles. The smallest absolute Gasteiger partial charge is 0.256 e. The molecule has 118 valence electrons. The van der Waals surface area contributed by atoms with Crippen LogP contribution >= 0.6 is 0 Å². The number of hydrogen-bond donors (Lipinski definition) is 2. The van der Waals surface area contributed by atoms with Crippen LogP contribution in [0.5, 0.6) is 5.75 Å². The first-order chi connectivity index (χ1) is 11.0. The summed E-state index contributed by atoms with van der Waals surface area (Å²) >= 11 is 0. The van der Waals surface area contributed by atoms with Gasteiger partial charge in [-0.3, -0.25) is 9.59 Å². The van der Waals surface area contributed by atoms with E-state index >= 15 is 0 Å². The Morgan fingerprint density at radius 1 is 1.13 bits per heavy atom. The lowest BCUT2D eigenvalue weighted by Crippen LogP contribution is -2.35. The van der Waals surface area contributed by atoms with Gasteiger partial charge in [-0.2, -0.15) is 0 Å². The van der Waals surface area contributed by atoms with Crippen LogP contribution in [0.15, 0.2) is 42.5 Å². The largest absolute Gasteiger partial charge is 0.508 e. The maximum Gasteiger partial charge on any atom is 0.256 e. The number of anilines is 2. The Balaban J connectivity index is 1.85. The van der Waals surface area contributed by atoms with E-state index < -0.39 is 6.04 Å². The van der Waals surface area contributed by atoms with Crippen molar-refractivity contribution < 1.29 is 14.7 Å². The van der Waals surface area contributed by atoms with Crippen LogP contribution in [-0.2, 0) is 9.59 Å². The molecule has 1 aliphatic heterocycles. The fourth-order valence-electron chi connectivity index (χ4n) is 2.85. The quantitative estimate of drug-likeness (QED) is 0.855. The van der Waals surface area contributed by atoms with Gasteiger partial charge in [-0.15, -0.1) is 0 Å². The number of rotatable bonds is 3. The average molecular weight is 310 g/mol. The molecule has 0 radical (unpaired) electrons. The van der Waals surface area contributed by atoms with Gasteiger partial charge in [0.15, 0.2) is 0 Å². The molecule has 1 saturated heterocycles. The van der Waals surface area contributed by atoms with Crippen LogP contribution in [-0.4, -0.2) is 23.0 Å². The first-order valence-electron chi connectivity index (χ1n) is 7.45. The molecule has 0 aliphatic carbocycles. The van der Waals surface area contributed by atoms with E-state index in [1.54, 1.807) is 24.3 Å². The van der Waals surface area contributed by atoms with Crippen molar-refractivity contribution in [1.82, 2.24) is 0 Å². The highest BCUT2D eigenvalue weighted by Crippen LogP contribution is 2.28. The molecule has 5 nitrogen and oxygen atoms in total. The van der Waals surface area contributed by atoms with Crippen molar-refractivity contribution >= 4 is 23.2 Å². The van der Waals surface area contributed by atoms with Crippen LogP contribution in [0.25, 0.3) is 0 Å². The van der Waals surface area contributed by atoms with Gasteiger partial charge in [0.25, 0.3) is 5.91 Å². The van der Waals surface area contributed by atoms with Gasteiger partial charge in [-0.1, -0.05) is 23.8 Å². The van der Waals surface area contributed by atoms with Crippen molar-refractivity contribution in [2.75, 3.05) is 10.2 Å². The van der Waals surface area contributed by atoms with E-state index in [2.05, 4.69) is 5.32 Å². The number of benzene rings is 2. The van der Waals surface area contributed by atoms with Gasteiger partial charge in [0.05, 0.1) is 12.1 Å². The first-order valence-corrected chi connectivity index (χ1v) is 7.45. The standard InChI is InChI=1S/C18H18N2O3/c1-11-6-7-16(12(2)8-11)20-17(22)10-15(18(20)23)19-13-4-3-5-14(21)9-13/h3-9,15,19,21H,10H2,1-2H3. The Labute approximate surface area is 134 Å². The van der Waals surface area contributed by atoms with E-state index in [1.807, 2.05) is 26.0 Å². The molecule has 0 aromatic heterocycles. The normalized spacial score (nSPS) is 17.7. The Hall–Kier alpha value is -2.82. The zero-order chi connectivity index (χ0) is 16.6. The summed E-state index contributed by atoms with van der Waals surface area (Å²) in [5.74, 6) is -0.386. The molecule has 2 aromatic carbocycles. The lowest BCUT2D eigenvalue weighted by atomic mass is 10.1. The summed E-state index contributed by atoms with van der Waals surface area (Å²) in [7, 11) is 0. The minimum atomic E-state index is -0.620. The fourth-order valence-corrected chi connectivity index (χ4v) is 2.85. The molecular formula is C18H18N2O3. The van der Waals surface area contributed by atoms with Crippen molar-refractivity contribution in [1.29, 1.82) is 0 Å². The first kappa shape index (κ1) is 15.1. The SMILES string of the molecule is Cc1ccc(N2C(=O)CC(Nc3cccc(O)c3)C2=O)c(C)c1. The number of carbonyl (C=O) groups is 2. The molecule has 2 amide bonds. The Morgan fingerprint density at radius 3 is 2.61 bits per heavy atom. The van der Waals surface area contributed by atoms with E-state index in [9.17, 15) is 14.7 Å². The molecular weight excluding hydrogens is 292 g/mol. The second kappa shape index (κ2) is 5.76. The molecule has 23 heavy (non-hydrogen) atoms. The Kier molecular flexibility index (Phi) is 3.78. The number of phenolic OH excluding ortho intramolecular Hbond substituents is 1. The van der Waals surface area contributed by atoms with Crippen LogP contribution in [0.4, 0.5) is 11.4 Å². The van der Waals surface area contributed by atoms with E-state index in [1.165, 1.54) is 11.0 Å². The fraction of sp³-hybridized carbons (Fsp3) is 0.222. The highest BCUT2D eigenvalue weighted by Gasteiger charge is 2.40. The number of hydrogen-bond acceptors (Lipinski definition) is 4. The molecule has 0 spiro atoms. The number of carbonyl (C=O) groups excluding carboxylic acids is 2. The lowest BCUT2D eigenvalue weighted by molar-refractivity contribution is -0.121. The maximum absolute atomic E-state index is 12.6. The van der Waals surface area contributed by atoms with E-state index in [0.717, 1.165) is 11.1 Å². The van der Waals surface area contributed by atoms with Gasteiger partial charge in [0.1, 0.15) is 11.8 Å². The monoisotopic (exact) mass is 310 g/mol. The molecule has 1 atom stereocenters. The predicted molar refractivity (Wildman–Crippen MR) is 88.5 cm³/mol. The van der Waals surface area contributed by atoms with Crippen LogP contribution in [0.1, 0.15) is 17.5 Å². The summed E-state index contributed by atoms with van der Waals surface area (Å²) < 4.78 is 0. The van der Waals surface area contributed by atoms with Crippen molar-refractivity contribution in [3.05, 3.63) is 53.6 Å². The predicted octanol–water partition coefficient (Wildman–Crippen LogP) is 2.75. The Morgan fingerprint density at radius 2 is 1.91 bits per heavy atom. The zero-order valence-electron chi connectivity index (χ0n) is 13.0. The number of aryl methyl sites for hydroxylation is 2. The molecule has 0 bridgehead atoms. The van der Waals surface area contributed by atoms with Crippen LogP contribution < -0.4 is 10.2 Å². The third-order valence-corrected chi connectivity index (χ3v) is 3.93. The summed E-state index contributed by atoms with van der Waals surface area (Å²) in [5, 5.41) is 12.5. The topological polar surface area (TPSA) is 69.6 Å². The minimum Gasteiger partial charge on any atom is -0.508 e. The second-order valence-corrected chi connectivity index (χ2v) is 5.81. The van der Waals surface area contributed by atoms with Crippen LogP contribution in [0.2, 0.25) is 0 Å². The van der Waals surface area contributed by atoms with E-state index in [0.29, 0.717) is 11.4 Å². The van der Waals surface area contributed by atoms with Gasteiger partial charge in [0.2, 0.25) is 5.91 Å². The number of nitrogens with zero attached hydrogens (tertiary/aromatic N) is 1. The summed E-state index contributed by atoms with van der Waals surface area (Å²) in [6, 6.07) is 11.5. The number of aromatic hydroxyl groups is 1. The molecule has 1 aliphatic rings.